The summed E-state index contributed by atoms with van der Waals surface area (Å²) in [6.45, 7) is 6.64. The minimum absolute atomic E-state index is 0.0178. The van der Waals surface area contributed by atoms with Crippen LogP contribution in [-0.4, -0.2) is 89.1 Å². The molecule has 8 heteroatoms. The highest BCUT2D eigenvalue weighted by Crippen LogP contribution is 2.33. The molecule has 3 saturated heterocycles. The molecule has 2 N–H and O–H groups in total. The van der Waals surface area contributed by atoms with Gasteiger partial charge in [-0.3, -0.25) is 14.4 Å². The number of piperidine rings is 1. The van der Waals surface area contributed by atoms with Crippen molar-refractivity contribution in [2.75, 3.05) is 26.2 Å². The van der Waals surface area contributed by atoms with E-state index < -0.39 is 24.3 Å². The molecule has 0 unspecified atom stereocenters. The first-order valence-corrected chi connectivity index (χ1v) is 14.1. The van der Waals surface area contributed by atoms with Crippen LogP contribution < -0.4 is 5.32 Å². The van der Waals surface area contributed by atoms with Crippen LogP contribution in [0.4, 0.5) is 0 Å². The molecule has 0 bridgehead atoms. The van der Waals surface area contributed by atoms with Crippen LogP contribution >= 0.6 is 0 Å². The summed E-state index contributed by atoms with van der Waals surface area (Å²) in [5, 5.41) is 13.4. The number of rotatable bonds is 6. The minimum Gasteiger partial charge on any atom is -0.388 e. The monoisotopic (exact) mass is 511 g/mol. The molecule has 4 fully saturated rings. The lowest BCUT2D eigenvalue weighted by Crippen LogP contribution is -2.55. The lowest BCUT2D eigenvalue weighted by atomic mass is 9.83. The third-order valence-electron chi connectivity index (χ3n) is 9.02. The van der Waals surface area contributed by atoms with E-state index in [1.165, 1.54) is 10.5 Å². The number of β-amino-alcohol motifs (C(OH)–C–C–N with tert-alkyl or cyclic N) is 1. The molecule has 3 aliphatic heterocycles. The zero-order valence-electron chi connectivity index (χ0n) is 22.1. The summed E-state index contributed by atoms with van der Waals surface area (Å²) in [6.07, 6.45) is 5.57. The molecule has 1 saturated carbocycles. The number of fused-ring (bicyclic) bond motifs is 1. The second kappa shape index (κ2) is 11.2. The molecule has 2 amide bonds. The number of ether oxygens (including phenoxy) is 1. The Balaban J connectivity index is 1.28. The van der Waals surface area contributed by atoms with Crippen molar-refractivity contribution in [1.29, 1.82) is 0 Å². The largest absolute Gasteiger partial charge is 0.388 e. The number of carbonyl (C=O) groups excluding carboxylic acids is 3. The van der Waals surface area contributed by atoms with E-state index in [0.717, 1.165) is 58.0 Å². The van der Waals surface area contributed by atoms with Gasteiger partial charge in [0.1, 0.15) is 30.9 Å². The molecule has 1 aromatic rings. The molecule has 37 heavy (non-hydrogen) atoms. The number of Topliss-reactive ketones (excluding diaryl/α,β-unsaturated/α-hetero) is 1. The van der Waals surface area contributed by atoms with Gasteiger partial charge in [0.15, 0.2) is 5.78 Å². The van der Waals surface area contributed by atoms with E-state index in [1.54, 1.807) is 0 Å². The number of nitrogens with one attached hydrogen (secondary N) is 1. The van der Waals surface area contributed by atoms with Gasteiger partial charge in [-0.25, -0.2) is 0 Å². The highest BCUT2D eigenvalue weighted by molar-refractivity contribution is 5.99. The SMILES string of the molecule is CC(C)N1CCC(c2ccc(C(=O)N[C@H](C(=O)N3C[C@@H](O)[C@H]4OCC(=O)[C@H]43)C3CCCCC3)cc2)CC1. The predicted octanol–water partition coefficient (Wildman–Crippen LogP) is 2.49. The number of carbonyl (C=O) groups is 3. The van der Waals surface area contributed by atoms with E-state index in [9.17, 15) is 19.5 Å². The van der Waals surface area contributed by atoms with Crippen LogP contribution in [0.2, 0.25) is 0 Å². The number of hydrogen-bond acceptors (Lipinski definition) is 6. The first kappa shape index (κ1) is 26.3. The van der Waals surface area contributed by atoms with Gasteiger partial charge < -0.3 is 25.0 Å². The quantitative estimate of drug-likeness (QED) is 0.609. The molecular weight excluding hydrogens is 470 g/mol. The van der Waals surface area contributed by atoms with Gasteiger partial charge in [-0.1, -0.05) is 31.4 Å². The molecule has 1 aromatic carbocycles. The zero-order valence-corrected chi connectivity index (χ0v) is 22.1. The number of aliphatic hydroxyl groups excluding tert-OH is 1. The number of hydrogen-bond donors (Lipinski definition) is 2. The molecule has 202 valence electrons. The Morgan fingerprint density at radius 3 is 2.35 bits per heavy atom. The summed E-state index contributed by atoms with van der Waals surface area (Å²) in [7, 11) is 0. The average Bonchev–Trinajstić information content (AvgIpc) is 3.47. The lowest BCUT2D eigenvalue weighted by Gasteiger charge is -2.35. The van der Waals surface area contributed by atoms with Gasteiger partial charge in [0, 0.05) is 11.6 Å². The van der Waals surface area contributed by atoms with Gasteiger partial charge >= 0.3 is 0 Å². The topological polar surface area (TPSA) is 99.2 Å². The Kier molecular flexibility index (Phi) is 7.98. The van der Waals surface area contributed by atoms with Crippen LogP contribution in [0.15, 0.2) is 24.3 Å². The van der Waals surface area contributed by atoms with Gasteiger partial charge in [0.2, 0.25) is 5.91 Å². The molecule has 3 heterocycles. The summed E-state index contributed by atoms with van der Waals surface area (Å²) in [5.41, 5.74) is 1.80. The van der Waals surface area contributed by atoms with Crippen LogP contribution in [-0.2, 0) is 14.3 Å². The van der Waals surface area contributed by atoms with Crippen molar-refractivity contribution in [3.8, 4) is 0 Å². The Labute approximate surface area is 219 Å². The van der Waals surface area contributed by atoms with Gasteiger partial charge in [-0.15, -0.1) is 0 Å². The number of ketones is 1. The maximum atomic E-state index is 13.8. The number of benzene rings is 1. The predicted molar refractivity (Wildman–Crippen MR) is 139 cm³/mol. The Hall–Kier alpha value is -2.29. The van der Waals surface area contributed by atoms with Crippen LogP contribution in [0.3, 0.4) is 0 Å². The van der Waals surface area contributed by atoms with Crippen molar-refractivity contribution >= 4 is 17.6 Å². The Morgan fingerprint density at radius 2 is 1.70 bits per heavy atom. The second-order valence-electron chi connectivity index (χ2n) is 11.6. The molecule has 0 spiro atoms. The zero-order chi connectivity index (χ0) is 26.1. The van der Waals surface area contributed by atoms with Gasteiger partial charge in [0.05, 0.1) is 6.54 Å². The van der Waals surface area contributed by atoms with Crippen molar-refractivity contribution in [2.45, 2.75) is 95.0 Å². The van der Waals surface area contributed by atoms with Gasteiger partial charge in [-0.05, 0) is 82.2 Å². The summed E-state index contributed by atoms with van der Waals surface area (Å²) < 4.78 is 5.45. The highest BCUT2D eigenvalue weighted by Gasteiger charge is 2.53. The first-order valence-electron chi connectivity index (χ1n) is 14.1. The molecule has 4 aliphatic rings. The van der Waals surface area contributed by atoms with Crippen LogP contribution in [0.1, 0.15) is 80.6 Å². The normalized spacial score (nSPS) is 28.5. The second-order valence-corrected chi connectivity index (χ2v) is 11.6. The molecule has 1 aliphatic carbocycles. The number of likely N-dealkylation sites (tertiary alicyclic amines) is 2. The Morgan fingerprint density at radius 1 is 1.03 bits per heavy atom. The average molecular weight is 512 g/mol. The van der Waals surface area contributed by atoms with Crippen molar-refractivity contribution in [1.82, 2.24) is 15.1 Å². The van der Waals surface area contributed by atoms with E-state index in [4.69, 9.17) is 4.74 Å². The van der Waals surface area contributed by atoms with Crippen molar-refractivity contribution in [2.24, 2.45) is 5.92 Å². The van der Waals surface area contributed by atoms with Gasteiger partial charge in [0.25, 0.3) is 5.91 Å². The van der Waals surface area contributed by atoms with E-state index in [1.807, 2.05) is 12.1 Å². The van der Waals surface area contributed by atoms with E-state index in [-0.39, 0.29) is 36.7 Å². The van der Waals surface area contributed by atoms with E-state index in [0.29, 0.717) is 17.5 Å². The molecule has 8 nitrogen and oxygen atoms in total. The van der Waals surface area contributed by atoms with Crippen LogP contribution in [0, 0.1) is 5.92 Å². The van der Waals surface area contributed by atoms with Crippen molar-refractivity contribution in [3.05, 3.63) is 35.4 Å². The number of amides is 2. The fourth-order valence-corrected chi connectivity index (χ4v) is 6.76. The number of nitrogens with zero attached hydrogens (tertiary/aromatic N) is 2. The molecule has 4 atom stereocenters. The van der Waals surface area contributed by atoms with Crippen molar-refractivity contribution in [3.63, 3.8) is 0 Å². The molecule has 0 aromatic heterocycles. The summed E-state index contributed by atoms with van der Waals surface area (Å²) in [4.78, 5) is 43.5. The van der Waals surface area contributed by atoms with Gasteiger partial charge in [-0.2, -0.15) is 0 Å². The molecule has 5 rings (SSSR count). The third kappa shape index (κ3) is 5.47. The standard InChI is InChI=1S/C29H41N3O5/c1-18(2)31-14-12-20(13-15-31)19-8-10-22(11-9-19)28(35)30-25(21-6-4-3-5-7-21)29(36)32-16-23(33)27-26(32)24(34)17-37-27/h8-11,18,20-21,23,25-27,33H,3-7,12-17H2,1-2H3,(H,30,35)/t23-,25+,26-,27-/m1/s1. The third-order valence-corrected chi connectivity index (χ3v) is 9.02. The smallest absolute Gasteiger partial charge is 0.251 e. The first-order chi connectivity index (χ1) is 17.8. The summed E-state index contributed by atoms with van der Waals surface area (Å²) in [5.74, 6) is -0.207. The van der Waals surface area contributed by atoms with Crippen LogP contribution in [0.25, 0.3) is 0 Å². The Bertz CT molecular complexity index is 982. The maximum absolute atomic E-state index is 13.8. The fourth-order valence-electron chi connectivity index (χ4n) is 6.76. The number of aliphatic hydroxyl groups is 1. The minimum atomic E-state index is -0.886. The van der Waals surface area contributed by atoms with E-state index in [2.05, 4.69) is 36.2 Å². The molecular formula is C29H41N3O5. The highest BCUT2D eigenvalue weighted by atomic mass is 16.5. The van der Waals surface area contributed by atoms with E-state index >= 15 is 0 Å². The fraction of sp³-hybridized carbons (Fsp3) is 0.690. The maximum Gasteiger partial charge on any atom is 0.251 e. The summed E-state index contributed by atoms with van der Waals surface area (Å²) in [6, 6.07) is 6.94. The van der Waals surface area contributed by atoms with Crippen LogP contribution in [0.5, 0.6) is 0 Å². The molecule has 0 radical (unpaired) electrons. The summed E-state index contributed by atoms with van der Waals surface area (Å²) >= 11 is 0. The van der Waals surface area contributed by atoms with Crippen molar-refractivity contribution < 1.29 is 24.2 Å². The lowest BCUT2D eigenvalue weighted by molar-refractivity contribution is -0.139.